The molecule has 0 bridgehead atoms. The third-order valence-electron chi connectivity index (χ3n) is 4.24. The summed E-state index contributed by atoms with van der Waals surface area (Å²) in [6.45, 7) is 2.50. The number of ether oxygens (including phenoxy) is 1. The highest BCUT2D eigenvalue weighted by Crippen LogP contribution is 2.20. The molecule has 8 nitrogen and oxygen atoms in total. The van der Waals surface area contributed by atoms with Crippen molar-refractivity contribution in [2.24, 2.45) is 0 Å². The predicted molar refractivity (Wildman–Crippen MR) is 101 cm³/mol. The molecule has 4 rings (SSSR count). The SMILES string of the molecule is Cc1nc(Nc2ccc(NC(=O)C3CCCO3)cc2)cc(-n2ccnc2)n1. The molecule has 27 heavy (non-hydrogen) atoms. The molecule has 0 radical (unpaired) electrons. The summed E-state index contributed by atoms with van der Waals surface area (Å²) >= 11 is 0. The molecule has 0 aliphatic carbocycles. The number of aryl methyl sites for hydroxylation is 1. The highest BCUT2D eigenvalue weighted by molar-refractivity contribution is 5.94. The zero-order valence-electron chi connectivity index (χ0n) is 14.9. The van der Waals surface area contributed by atoms with Crippen LogP contribution < -0.4 is 10.6 Å². The number of hydrogen-bond acceptors (Lipinski definition) is 6. The lowest BCUT2D eigenvalue weighted by atomic mass is 10.2. The molecule has 1 aliphatic rings. The summed E-state index contributed by atoms with van der Waals surface area (Å²) in [5, 5.41) is 6.14. The average molecular weight is 364 g/mol. The minimum Gasteiger partial charge on any atom is -0.368 e. The van der Waals surface area contributed by atoms with Crippen molar-refractivity contribution in [1.29, 1.82) is 0 Å². The fourth-order valence-electron chi connectivity index (χ4n) is 2.93. The summed E-state index contributed by atoms with van der Waals surface area (Å²) in [7, 11) is 0. The van der Waals surface area contributed by atoms with Crippen molar-refractivity contribution in [2.45, 2.75) is 25.9 Å². The summed E-state index contributed by atoms with van der Waals surface area (Å²) in [5.74, 6) is 1.99. The number of anilines is 3. The first-order valence-electron chi connectivity index (χ1n) is 8.81. The molecule has 8 heteroatoms. The van der Waals surface area contributed by atoms with E-state index >= 15 is 0 Å². The molecule has 1 saturated heterocycles. The predicted octanol–water partition coefficient (Wildman–Crippen LogP) is 2.83. The van der Waals surface area contributed by atoms with E-state index in [9.17, 15) is 4.79 Å². The molecule has 1 amide bonds. The fourth-order valence-corrected chi connectivity index (χ4v) is 2.93. The topological polar surface area (TPSA) is 94.0 Å². The lowest BCUT2D eigenvalue weighted by Gasteiger charge is -2.12. The molecule has 1 unspecified atom stereocenters. The highest BCUT2D eigenvalue weighted by Gasteiger charge is 2.23. The number of rotatable bonds is 5. The Morgan fingerprint density at radius 2 is 2.04 bits per heavy atom. The standard InChI is InChI=1S/C19H20N6O2/c1-13-21-17(11-18(22-13)25-9-8-20-12-25)23-14-4-6-15(7-5-14)24-19(26)16-3-2-10-27-16/h4-9,11-12,16H,2-3,10H2,1H3,(H,24,26)(H,21,22,23). The molecule has 138 valence electrons. The van der Waals surface area contributed by atoms with E-state index in [2.05, 4.69) is 25.6 Å². The van der Waals surface area contributed by atoms with Gasteiger partial charge in [-0.3, -0.25) is 9.36 Å². The zero-order valence-corrected chi connectivity index (χ0v) is 14.9. The number of hydrogen-bond donors (Lipinski definition) is 2. The van der Waals surface area contributed by atoms with E-state index in [4.69, 9.17) is 4.74 Å². The third kappa shape index (κ3) is 4.12. The number of benzene rings is 1. The summed E-state index contributed by atoms with van der Waals surface area (Å²) in [6, 6.07) is 9.32. The van der Waals surface area contributed by atoms with Gasteiger partial charge in [0.05, 0.1) is 0 Å². The minimum atomic E-state index is -0.339. The van der Waals surface area contributed by atoms with Crippen LogP contribution in [0.4, 0.5) is 17.2 Å². The van der Waals surface area contributed by atoms with Gasteiger partial charge in [-0.25, -0.2) is 15.0 Å². The molecule has 0 spiro atoms. The maximum absolute atomic E-state index is 12.1. The number of aromatic nitrogens is 4. The number of nitrogens with zero attached hydrogens (tertiary/aromatic N) is 4. The molecular formula is C19H20N6O2. The molecule has 3 heterocycles. The van der Waals surface area contributed by atoms with Crippen LogP contribution >= 0.6 is 0 Å². The zero-order chi connectivity index (χ0) is 18.6. The first-order valence-corrected chi connectivity index (χ1v) is 8.81. The number of carbonyl (C=O) groups is 1. The average Bonchev–Trinajstić information content (AvgIpc) is 3.37. The molecule has 2 aromatic heterocycles. The van der Waals surface area contributed by atoms with E-state index < -0.39 is 0 Å². The molecule has 2 N–H and O–H groups in total. The number of carbonyl (C=O) groups excluding carboxylic acids is 1. The Labute approximate surface area is 156 Å². The van der Waals surface area contributed by atoms with Gasteiger partial charge in [-0.15, -0.1) is 0 Å². The van der Waals surface area contributed by atoms with E-state index in [0.29, 0.717) is 18.2 Å². The van der Waals surface area contributed by atoms with Gasteiger partial charge in [-0.1, -0.05) is 0 Å². The van der Waals surface area contributed by atoms with Crippen molar-refractivity contribution in [2.75, 3.05) is 17.2 Å². The van der Waals surface area contributed by atoms with Gasteiger partial charge in [-0.2, -0.15) is 0 Å². The second-order valence-electron chi connectivity index (χ2n) is 6.32. The highest BCUT2D eigenvalue weighted by atomic mass is 16.5. The number of imidazole rings is 1. The molecule has 1 aromatic carbocycles. The van der Waals surface area contributed by atoms with Crippen molar-refractivity contribution < 1.29 is 9.53 Å². The normalized spacial score (nSPS) is 16.3. The Morgan fingerprint density at radius 3 is 2.74 bits per heavy atom. The van der Waals surface area contributed by atoms with Crippen molar-refractivity contribution in [3.63, 3.8) is 0 Å². The van der Waals surface area contributed by atoms with Gasteiger partial charge in [0.25, 0.3) is 5.91 Å². The van der Waals surface area contributed by atoms with Gasteiger partial charge in [0.15, 0.2) is 0 Å². The van der Waals surface area contributed by atoms with Gasteiger partial charge in [0, 0.05) is 36.4 Å². The van der Waals surface area contributed by atoms with E-state index in [-0.39, 0.29) is 12.0 Å². The van der Waals surface area contributed by atoms with Gasteiger partial charge < -0.3 is 15.4 Å². The van der Waals surface area contributed by atoms with E-state index in [1.165, 1.54) is 0 Å². The van der Waals surface area contributed by atoms with Crippen LogP contribution in [0.25, 0.3) is 5.82 Å². The van der Waals surface area contributed by atoms with Gasteiger partial charge >= 0.3 is 0 Å². The van der Waals surface area contributed by atoms with Crippen LogP contribution in [-0.4, -0.2) is 38.1 Å². The Hall–Kier alpha value is -3.26. The van der Waals surface area contributed by atoms with Gasteiger partial charge in [-0.05, 0) is 44.0 Å². The van der Waals surface area contributed by atoms with Gasteiger partial charge in [0.2, 0.25) is 0 Å². The van der Waals surface area contributed by atoms with Crippen LogP contribution in [0.3, 0.4) is 0 Å². The van der Waals surface area contributed by atoms with E-state index in [1.807, 2.05) is 48.0 Å². The maximum atomic E-state index is 12.1. The van der Waals surface area contributed by atoms with Crippen molar-refractivity contribution in [3.05, 3.63) is 54.9 Å². The Morgan fingerprint density at radius 1 is 1.22 bits per heavy atom. The van der Waals surface area contributed by atoms with Crippen LogP contribution in [0, 0.1) is 6.92 Å². The minimum absolute atomic E-state index is 0.0930. The monoisotopic (exact) mass is 364 g/mol. The first-order chi connectivity index (χ1) is 13.2. The second-order valence-corrected chi connectivity index (χ2v) is 6.32. The first kappa shape index (κ1) is 17.2. The fraction of sp³-hybridized carbons (Fsp3) is 0.263. The molecule has 1 aliphatic heterocycles. The lowest BCUT2D eigenvalue weighted by molar-refractivity contribution is -0.124. The quantitative estimate of drug-likeness (QED) is 0.723. The van der Waals surface area contributed by atoms with E-state index in [0.717, 1.165) is 30.0 Å². The number of amides is 1. The molecule has 3 aromatic rings. The maximum Gasteiger partial charge on any atom is 0.253 e. The van der Waals surface area contributed by atoms with Crippen molar-refractivity contribution in [3.8, 4) is 5.82 Å². The number of nitrogens with one attached hydrogen (secondary N) is 2. The third-order valence-corrected chi connectivity index (χ3v) is 4.24. The summed E-state index contributed by atoms with van der Waals surface area (Å²) < 4.78 is 7.22. The van der Waals surface area contributed by atoms with Crippen LogP contribution in [0.5, 0.6) is 0 Å². The largest absolute Gasteiger partial charge is 0.368 e. The summed E-state index contributed by atoms with van der Waals surface area (Å²) in [5.41, 5.74) is 1.60. The summed E-state index contributed by atoms with van der Waals surface area (Å²) in [6.07, 6.45) is 6.59. The smallest absolute Gasteiger partial charge is 0.253 e. The Bertz CT molecular complexity index is 918. The van der Waals surface area contributed by atoms with Crippen molar-refractivity contribution >= 4 is 23.1 Å². The van der Waals surface area contributed by atoms with E-state index in [1.54, 1.807) is 12.5 Å². The van der Waals surface area contributed by atoms with Crippen LogP contribution in [-0.2, 0) is 9.53 Å². The second kappa shape index (κ2) is 7.55. The summed E-state index contributed by atoms with van der Waals surface area (Å²) in [4.78, 5) is 25.0. The van der Waals surface area contributed by atoms with Crippen LogP contribution in [0.1, 0.15) is 18.7 Å². The molecular weight excluding hydrogens is 344 g/mol. The Balaban J connectivity index is 1.44. The van der Waals surface area contributed by atoms with Crippen molar-refractivity contribution in [1.82, 2.24) is 19.5 Å². The van der Waals surface area contributed by atoms with Gasteiger partial charge in [0.1, 0.15) is 29.9 Å². The molecule has 1 fully saturated rings. The van der Waals surface area contributed by atoms with Crippen LogP contribution in [0.15, 0.2) is 49.1 Å². The molecule has 0 saturated carbocycles. The lowest BCUT2D eigenvalue weighted by Crippen LogP contribution is -2.26. The molecule has 1 atom stereocenters. The Kier molecular flexibility index (Phi) is 4.80. The van der Waals surface area contributed by atoms with Crippen LogP contribution in [0.2, 0.25) is 0 Å².